The molecule has 16 atom stereocenters. The monoisotopic (exact) mass is 974 g/mol. The average Bonchev–Trinajstić information content (AvgIpc) is 4.07. The zero-order valence-corrected chi connectivity index (χ0v) is 40.8. The number of ketones is 2. The van der Waals surface area contributed by atoms with Gasteiger partial charge in [-0.25, -0.2) is 4.98 Å². The maximum atomic E-state index is 13.3. The van der Waals surface area contributed by atoms with Gasteiger partial charge in [0.2, 0.25) is 0 Å². The zero-order chi connectivity index (χ0) is 45.2. The third-order valence-corrected chi connectivity index (χ3v) is 21.2. The molecule has 9 nitrogen and oxygen atoms in total. The predicted octanol–water partition coefficient (Wildman–Crippen LogP) is 13.2. The van der Waals surface area contributed by atoms with Crippen molar-refractivity contribution in [2.45, 2.75) is 204 Å². The third-order valence-electron chi connectivity index (χ3n) is 20.6. The van der Waals surface area contributed by atoms with Crippen LogP contribution in [0.3, 0.4) is 0 Å². The van der Waals surface area contributed by atoms with E-state index in [1.807, 2.05) is 19.9 Å². The zero-order valence-electron chi connectivity index (χ0n) is 39.3. The molecule has 0 aromatic carbocycles. The fraction of sp³-hybridized carbons (Fsp3) is 0.821. The van der Waals surface area contributed by atoms with Gasteiger partial charge in [0.05, 0.1) is 35.6 Å². The number of halogens is 1. The topological polar surface area (TPSA) is 133 Å². The summed E-state index contributed by atoms with van der Waals surface area (Å²) in [4.78, 5) is 36.7. The van der Waals surface area contributed by atoms with E-state index in [1.54, 1.807) is 29.4 Å². The molecule has 10 rings (SSSR count). The van der Waals surface area contributed by atoms with Gasteiger partial charge in [-0.15, -0.1) is 4.99 Å². The Balaban J connectivity index is 0.000000210. The Hall–Kier alpha value is -2.66. The van der Waals surface area contributed by atoms with E-state index in [-0.39, 0.29) is 44.9 Å². The Morgan fingerprint density at radius 3 is 1.62 bits per heavy atom. The van der Waals surface area contributed by atoms with Crippen molar-refractivity contribution in [2.75, 3.05) is 5.33 Å². The number of fused-ring (bicyclic) bond motifs is 10. The van der Waals surface area contributed by atoms with E-state index in [1.165, 1.54) is 64.2 Å². The molecule has 1 aromatic heterocycles. The van der Waals surface area contributed by atoms with Gasteiger partial charge in [0.25, 0.3) is 5.82 Å². The number of nitriles is 1. The van der Waals surface area contributed by atoms with Crippen molar-refractivity contribution in [3.8, 4) is 6.07 Å². The minimum Gasteiger partial charge on any atom is -0.390 e. The van der Waals surface area contributed by atoms with Gasteiger partial charge in [0.1, 0.15) is 11.9 Å². The molecule has 2 N–H and O–H groups in total. The van der Waals surface area contributed by atoms with Crippen LogP contribution in [0.25, 0.3) is 4.85 Å². The summed E-state index contributed by atoms with van der Waals surface area (Å²) < 4.78 is 1.78. The van der Waals surface area contributed by atoms with Crippen LogP contribution in [0, 0.1) is 98.7 Å². The van der Waals surface area contributed by atoms with Crippen molar-refractivity contribution in [3.05, 3.63) is 41.5 Å². The maximum Gasteiger partial charge on any atom is 0.265 e. The minimum atomic E-state index is -0.482. The second kappa shape index (κ2) is 20.4. The molecule has 0 bridgehead atoms. The highest BCUT2D eigenvalue weighted by Gasteiger charge is 2.63. The minimum absolute atomic E-state index is 0. The molecule has 2 heterocycles. The van der Waals surface area contributed by atoms with Crippen LogP contribution < -0.4 is 0 Å². The van der Waals surface area contributed by atoms with Gasteiger partial charge in [-0.05, 0) is 198 Å². The lowest BCUT2D eigenvalue weighted by Crippen LogP contribution is -2.55. The van der Waals surface area contributed by atoms with Crippen LogP contribution >= 0.6 is 15.9 Å². The maximum absolute atomic E-state index is 13.3. The van der Waals surface area contributed by atoms with Gasteiger partial charge in [0, 0.05) is 24.5 Å². The molecule has 368 valence electrons. The molecule has 10 heteroatoms. The van der Waals surface area contributed by atoms with E-state index in [0.717, 1.165) is 87.4 Å². The van der Waals surface area contributed by atoms with Gasteiger partial charge >= 0.3 is 0 Å². The molecule has 0 radical (unpaired) electrons. The van der Waals surface area contributed by atoms with Crippen LogP contribution in [0.1, 0.15) is 192 Å². The Kier molecular flexibility index (Phi) is 16.7. The fourth-order valence-corrected chi connectivity index (χ4v) is 17.6. The molecule has 8 aliphatic carbocycles. The Labute approximate surface area is 408 Å². The highest BCUT2D eigenvalue weighted by Crippen LogP contribution is 2.70. The number of nitrogens with zero attached hydrogens (tertiary/aromatic N) is 5. The van der Waals surface area contributed by atoms with Crippen LogP contribution in [-0.2, 0) is 16.1 Å². The molecule has 8 fully saturated rings. The molecule has 0 saturated heterocycles. The first-order valence-corrected chi connectivity index (χ1v) is 26.0. The van der Waals surface area contributed by atoms with Crippen molar-refractivity contribution >= 4 is 33.7 Å². The molecule has 1 aromatic rings. The number of alkyl halides is 1. The number of carbonyl (C=O) groups excluding carboxylic acids is 2. The van der Waals surface area contributed by atoms with Crippen molar-refractivity contribution in [1.29, 1.82) is 5.26 Å². The van der Waals surface area contributed by atoms with Gasteiger partial charge in [0.15, 0.2) is 11.5 Å². The highest BCUT2D eigenvalue weighted by atomic mass is 79.9. The smallest absolute Gasteiger partial charge is 0.265 e. The predicted molar refractivity (Wildman–Crippen MR) is 270 cm³/mol. The Bertz CT molecular complexity index is 2040. The van der Waals surface area contributed by atoms with Crippen LogP contribution in [0.5, 0.6) is 0 Å². The number of imidazole rings is 1. The molecule has 0 amide bonds. The number of allylic oxidation sites excluding steroid dienone is 1. The lowest BCUT2D eigenvalue weighted by atomic mass is 9.44. The molecule has 0 spiro atoms. The van der Waals surface area contributed by atoms with E-state index in [9.17, 15) is 19.8 Å². The van der Waals surface area contributed by atoms with Gasteiger partial charge in [-0.3, -0.25) is 9.59 Å². The average molecular weight is 975 g/mol. The second-order valence-corrected chi connectivity index (χ2v) is 24.5. The Morgan fingerprint density at radius 2 is 1.21 bits per heavy atom. The van der Waals surface area contributed by atoms with Crippen LogP contribution in [0.15, 0.2) is 29.4 Å². The summed E-state index contributed by atoms with van der Waals surface area (Å²) in [5, 5.41) is 30.8. The van der Waals surface area contributed by atoms with Gasteiger partial charge < -0.3 is 19.6 Å². The highest BCUT2D eigenvalue weighted by molar-refractivity contribution is 9.09. The number of hydrogen-bond acceptors (Lipinski definition) is 7. The number of carbonyl (C=O) groups is 2. The summed E-state index contributed by atoms with van der Waals surface area (Å²) in [5.41, 5.74) is 0.587. The van der Waals surface area contributed by atoms with Crippen LogP contribution in [-0.4, -0.2) is 54.1 Å². The standard InChI is InChI=1S/C26H37N3O2.C22H35BrO2.C5H4N2.3CH4/c1-24(31)10-11-25(2)17(12-24)4-5-19-20-6-7-22(26(20,3)9-8-21(19)25)23(30)15-29-14-18(13-27)28-16-29;1-20(25)10-11-21(2)14(12-20)4-5-15-16-6-7-18(19(24)13-23)22(16,3)9-8-17(15)21;1-6-5-3-2-4-7-5;;;/h14,16-17,19-22,31H,4-12,15H2,1-3H3;14-18,25H,4-13H2,1-3H3;3-4H,2H2;3*1H4/t17-,19-,20-,21-,22+,24+,25-,26-;14-,15+,16+,17+,18-,20-,21+,22+;;;;/m01..../s1. The second-order valence-electron chi connectivity index (χ2n) is 23.9. The fourth-order valence-electron chi connectivity index (χ4n) is 17.2. The number of aliphatic hydroxyl groups is 2. The quantitative estimate of drug-likeness (QED) is 0.223. The molecule has 0 unspecified atom stereocenters. The molecule has 66 heavy (non-hydrogen) atoms. The summed E-state index contributed by atoms with van der Waals surface area (Å²) in [5.74, 6) is 7.57. The lowest BCUT2D eigenvalue weighted by Gasteiger charge is -2.61. The first-order chi connectivity index (χ1) is 29.8. The van der Waals surface area contributed by atoms with E-state index in [0.29, 0.717) is 63.5 Å². The number of Topliss-reactive ketones (excluding diaryl/α,β-unsaturated/α-hetero) is 2. The van der Waals surface area contributed by atoms with Gasteiger partial charge in [-0.1, -0.05) is 78.6 Å². The largest absolute Gasteiger partial charge is 0.390 e. The number of rotatable bonds is 5. The van der Waals surface area contributed by atoms with Crippen molar-refractivity contribution in [1.82, 2.24) is 9.55 Å². The van der Waals surface area contributed by atoms with E-state index in [2.05, 4.69) is 58.4 Å². The van der Waals surface area contributed by atoms with Crippen LogP contribution in [0.2, 0.25) is 0 Å². The summed E-state index contributed by atoms with van der Waals surface area (Å²) in [7, 11) is 0. The van der Waals surface area contributed by atoms with Crippen molar-refractivity contribution in [3.63, 3.8) is 0 Å². The van der Waals surface area contributed by atoms with E-state index in [4.69, 9.17) is 11.8 Å². The summed E-state index contributed by atoms with van der Waals surface area (Å²) in [6.07, 6.45) is 28.5. The number of aromatic nitrogens is 2. The normalized spacial score (nSPS) is 44.4. The number of aliphatic imine (C=N–C) groups is 1. The molecule has 9 aliphatic rings. The van der Waals surface area contributed by atoms with Crippen molar-refractivity contribution in [2.24, 2.45) is 85.8 Å². The summed E-state index contributed by atoms with van der Waals surface area (Å²) >= 11 is 3.43. The first-order valence-electron chi connectivity index (χ1n) is 24.9. The Morgan fingerprint density at radius 1 is 0.727 bits per heavy atom. The first kappa shape index (κ1) is 54.3. The summed E-state index contributed by atoms with van der Waals surface area (Å²) in [6.45, 7) is 20.8. The van der Waals surface area contributed by atoms with E-state index < -0.39 is 11.2 Å². The lowest BCUT2D eigenvalue weighted by molar-refractivity contribution is -0.151. The molecule has 1 aliphatic heterocycles. The molecular formula is C56H88BrN5O4. The van der Waals surface area contributed by atoms with Crippen molar-refractivity contribution < 1.29 is 19.8 Å². The van der Waals surface area contributed by atoms with Gasteiger partial charge in [-0.2, -0.15) is 5.26 Å². The van der Waals surface area contributed by atoms with Crippen LogP contribution in [0.4, 0.5) is 0 Å². The van der Waals surface area contributed by atoms with E-state index >= 15 is 0 Å². The SMILES string of the molecule is C.C.C.C[C@@]1(O)CC[C@@]2(C)[C@@H](CC[C@@H]3[C@@H]2CC[C@]2(C)[C@@H](C(=O)Cn4cnc(C#N)c4)CC[C@@H]32)C1.C[C@@]1(O)CC[C@@]2(C)[C@H](CC[C@@H]3[C@@H]2CC[C@]2(C)[C@@H](C(=O)CBr)CC[C@@H]32)C1.[C-]#[N+]C1=CCC=N1. The number of hydrogen-bond donors (Lipinski definition) is 2. The molecular weight excluding hydrogens is 887 g/mol. The third kappa shape index (κ3) is 9.75. The summed E-state index contributed by atoms with van der Waals surface area (Å²) in [6, 6.07) is 2.05. The molecule has 8 saturated carbocycles.